The Morgan fingerprint density at radius 3 is 2.50 bits per heavy atom. The lowest BCUT2D eigenvalue weighted by atomic mass is 9.87. The van der Waals surface area contributed by atoms with Crippen LogP contribution in [0, 0.1) is 10.1 Å². The molecule has 3 rings (SSSR count). The van der Waals surface area contributed by atoms with E-state index in [1.165, 1.54) is 30.4 Å². The van der Waals surface area contributed by atoms with E-state index < -0.39 is 0 Å². The summed E-state index contributed by atoms with van der Waals surface area (Å²) in [5, 5.41) is 10.8. The van der Waals surface area contributed by atoms with Crippen LogP contribution < -0.4 is 5.73 Å². The van der Waals surface area contributed by atoms with E-state index >= 15 is 0 Å². The number of hydrogen-bond acceptors (Lipinski definition) is 3. The fourth-order valence-electron chi connectivity index (χ4n) is 3.26. The third kappa shape index (κ3) is 1.22. The van der Waals surface area contributed by atoms with Crippen molar-refractivity contribution in [3.8, 4) is 0 Å². The molecule has 0 amide bonds. The van der Waals surface area contributed by atoms with Gasteiger partial charge in [0.2, 0.25) is 0 Å². The van der Waals surface area contributed by atoms with Gasteiger partial charge in [-0.3, -0.25) is 10.1 Å². The summed E-state index contributed by atoms with van der Waals surface area (Å²) in [5.74, 6) is 1.13. The van der Waals surface area contributed by atoms with Crippen LogP contribution in [0.5, 0.6) is 0 Å². The van der Waals surface area contributed by atoms with Gasteiger partial charge in [0, 0.05) is 6.07 Å². The van der Waals surface area contributed by atoms with Crippen molar-refractivity contribution in [3.05, 3.63) is 33.4 Å². The predicted octanol–water partition coefficient (Wildman–Crippen LogP) is 2.93. The molecule has 1 aromatic rings. The molecule has 84 valence electrons. The molecule has 0 aliphatic heterocycles. The molecule has 2 aliphatic carbocycles. The molecule has 0 saturated heterocycles. The van der Waals surface area contributed by atoms with Crippen molar-refractivity contribution in [2.75, 3.05) is 5.73 Å². The first-order chi connectivity index (χ1) is 7.66. The fraction of sp³-hybridized carbons (Fsp3) is 0.500. The first-order valence-corrected chi connectivity index (χ1v) is 5.74. The Bertz CT molecular complexity index is 470. The third-order valence-electron chi connectivity index (χ3n) is 3.98. The minimum atomic E-state index is -0.377. The quantitative estimate of drug-likeness (QED) is 0.447. The molecule has 4 nitrogen and oxygen atoms in total. The number of nitro groups is 1. The van der Waals surface area contributed by atoms with Crippen LogP contribution in [0.15, 0.2) is 12.1 Å². The van der Waals surface area contributed by atoms with Crippen molar-refractivity contribution in [1.82, 2.24) is 0 Å². The van der Waals surface area contributed by atoms with E-state index in [1.807, 2.05) is 6.07 Å². The Morgan fingerprint density at radius 1 is 1.25 bits per heavy atom. The minimum absolute atomic E-state index is 0.0753. The first kappa shape index (κ1) is 9.63. The zero-order valence-corrected chi connectivity index (χ0v) is 8.98. The molecule has 4 heteroatoms. The van der Waals surface area contributed by atoms with Gasteiger partial charge in [-0.1, -0.05) is 6.42 Å². The summed E-state index contributed by atoms with van der Waals surface area (Å²) < 4.78 is 0. The van der Waals surface area contributed by atoms with E-state index in [1.54, 1.807) is 6.07 Å². The Morgan fingerprint density at radius 2 is 1.88 bits per heavy atom. The monoisotopic (exact) mass is 218 g/mol. The highest BCUT2D eigenvalue weighted by molar-refractivity contribution is 5.64. The van der Waals surface area contributed by atoms with E-state index in [9.17, 15) is 10.1 Å². The SMILES string of the molecule is Nc1cc2c(cc1[N+](=O)[O-])C1CCCC2C1. The molecule has 0 spiro atoms. The lowest BCUT2D eigenvalue weighted by Gasteiger charge is -2.18. The summed E-state index contributed by atoms with van der Waals surface area (Å²) in [6.07, 6.45) is 4.78. The van der Waals surface area contributed by atoms with Crippen LogP contribution in [0.1, 0.15) is 48.6 Å². The van der Waals surface area contributed by atoms with Crippen LogP contribution in [0.2, 0.25) is 0 Å². The van der Waals surface area contributed by atoms with Crippen LogP contribution in [-0.2, 0) is 0 Å². The standard InChI is InChI=1S/C12H14N2O2/c13-11-5-9-7-2-1-3-8(4-7)10(9)6-12(11)14(15)16/h5-8H,1-4,13H2. The van der Waals surface area contributed by atoms with Gasteiger partial charge in [-0.15, -0.1) is 0 Å². The average molecular weight is 218 g/mol. The zero-order valence-electron chi connectivity index (χ0n) is 8.98. The second kappa shape index (κ2) is 3.20. The highest BCUT2D eigenvalue weighted by Crippen LogP contribution is 2.52. The molecular weight excluding hydrogens is 204 g/mol. The number of hydrogen-bond donors (Lipinski definition) is 1. The average Bonchev–Trinajstić information content (AvgIpc) is 2.50. The molecule has 0 aromatic heterocycles. The zero-order chi connectivity index (χ0) is 11.3. The Labute approximate surface area is 93.6 Å². The van der Waals surface area contributed by atoms with Gasteiger partial charge < -0.3 is 5.73 Å². The van der Waals surface area contributed by atoms with Gasteiger partial charge in [0.15, 0.2) is 0 Å². The van der Waals surface area contributed by atoms with Gasteiger partial charge in [0.05, 0.1) is 4.92 Å². The first-order valence-electron chi connectivity index (χ1n) is 5.74. The molecule has 2 atom stereocenters. The molecule has 16 heavy (non-hydrogen) atoms. The summed E-state index contributed by atoms with van der Waals surface area (Å²) in [6.45, 7) is 0. The van der Waals surface area contributed by atoms with Gasteiger partial charge in [0.1, 0.15) is 5.69 Å². The van der Waals surface area contributed by atoms with Crippen LogP contribution >= 0.6 is 0 Å². The lowest BCUT2D eigenvalue weighted by molar-refractivity contribution is -0.384. The molecule has 0 radical (unpaired) electrons. The number of rotatable bonds is 1. The van der Waals surface area contributed by atoms with E-state index in [2.05, 4.69) is 0 Å². The number of fused-ring (bicyclic) bond motifs is 5. The van der Waals surface area contributed by atoms with Crippen LogP contribution in [0.4, 0.5) is 11.4 Å². The van der Waals surface area contributed by atoms with Crippen molar-refractivity contribution in [2.45, 2.75) is 37.5 Å². The number of nitro benzene ring substituents is 1. The summed E-state index contributed by atoms with van der Waals surface area (Å²) in [4.78, 5) is 10.5. The summed E-state index contributed by atoms with van der Waals surface area (Å²) in [7, 11) is 0. The number of nitrogens with zero attached hydrogens (tertiary/aromatic N) is 1. The predicted molar refractivity (Wildman–Crippen MR) is 61.5 cm³/mol. The second-order valence-corrected chi connectivity index (χ2v) is 4.86. The van der Waals surface area contributed by atoms with Gasteiger partial charge in [-0.05, 0) is 48.3 Å². The van der Waals surface area contributed by atoms with Crippen LogP contribution in [0.3, 0.4) is 0 Å². The van der Waals surface area contributed by atoms with Crippen molar-refractivity contribution in [1.29, 1.82) is 0 Å². The highest BCUT2D eigenvalue weighted by atomic mass is 16.6. The Kier molecular flexibility index (Phi) is 1.93. The number of nitrogens with two attached hydrogens (primary N) is 1. The molecule has 2 aliphatic rings. The minimum Gasteiger partial charge on any atom is -0.393 e. The van der Waals surface area contributed by atoms with Gasteiger partial charge in [-0.25, -0.2) is 0 Å². The highest BCUT2D eigenvalue weighted by Gasteiger charge is 2.35. The van der Waals surface area contributed by atoms with Gasteiger partial charge in [0.25, 0.3) is 5.69 Å². The summed E-state index contributed by atoms with van der Waals surface area (Å²) in [5.41, 5.74) is 8.58. The lowest BCUT2D eigenvalue weighted by Crippen LogP contribution is -2.01. The second-order valence-electron chi connectivity index (χ2n) is 4.86. The normalized spacial score (nSPS) is 26.5. The van der Waals surface area contributed by atoms with Crippen molar-refractivity contribution in [2.24, 2.45) is 0 Å². The van der Waals surface area contributed by atoms with Crippen LogP contribution in [-0.4, -0.2) is 4.92 Å². The topological polar surface area (TPSA) is 69.2 Å². The molecule has 0 heterocycles. The maximum Gasteiger partial charge on any atom is 0.292 e. The van der Waals surface area contributed by atoms with E-state index in [-0.39, 0.29) is 10.6 Å². The van der Waals surface area contributed by atoms with Gasteiger partial charge >= 0.3 is 0 Å². The fourth-order valence-corrected chi connectivity index (χ4v) is 3.26. The Hall–Kier alpha value is -1.58. The largest absolute Gasteiger partial charge is 0.393 e. The summed E-state index contributed by atoms with van der Waals surface area (Å²) in [6, 6.07) is 3.55. The van der Waals surface area contributed by atoms with Crippen molar-refractivity contribution < 1.29 is 4.92 Å². The third-order valence-corrected chi connectivity index (χ3v) is 3.98. The van der Waals surface area contributed by atoms with Crippen molar-refractivity contribution in [3.63, 3.8) is 0 Å². The number of nitrogen functional groups attached to an aromatic ring is 1. The maximum absolute atomic E-state index is 10.8. The smallest absolute Gasteiger partial charge is 0.292 e. The van der Waals surface area contributed by atoms with E-state index in [0.29, 0.717) is 17.5 Å². The van der Waals surface area contributed by atoms with Crippen LogP contribution in [0.25, 0.3) is 0 Å². The summed E-state index contributed by atoms with van der Waals surface area (Å²) >= 11 is 0. The molecule has 2 bridgehead atoms. The molecule has 2 N–H and O–H groups in total. The molecular formula is C12H14N2O2. The molecule has 1 saturated carbocycles. The number of benzene rings is 1. The van der Waals surface area contributed by atoms with E-state index in [0.717, 1.165) is 6.42 Å². The van der Waals surface area contributed by atoms with E-state index in [4.69, 9.17) is 5.73 Å². The maximum atomic E-state index is 10.8. The van der Waals surface area contributed by atoms with Gasteiger partial charge in [-0.2, -0.15) is 0 Å². The molecule has 1 fully saturated rings. The number of anilines is 1. The molecule has 2 unspecified atom stereocenters. The van der Waals surface area contributed by atoms with Crippen molar-refractivity contribution >= 4 is 11.4 Å². The Balaban J connectivity index is 2.16. The molecule has 1 aromatic carbocycles.